The van der Waals surface area contributed by atoms with Gasteiger partial charge in [0.1, 0.15) is 11.5 Å². The molecule has 0 atom stereocenters. The van der Waals surface area contributed by atoms with E-state index < -0.39 is 60.3 Å². The molecule has 0 aromatic heterocycles. The first-order chi connectivity index (χ1) is 33.9. The summed E-state index contributed by atoms with van der Waals surface area (Å²) in [5, 5.41) is 21.1. The molecule has 6 rings (SSSR count). The first-order valence-electron chi connectivity index (χ1n) is 22.4. The van der Waals surface area contributed by atoms with Crippen molar-refractivity contribution in [3.63, 3.8) is 0 Å². The van der Waals surface area contributed by atoms with Crippen LogP contribution < -0.4 is 9.47 Å². The van der Waals surface area contributed by atoms with E-state index >= 15 is 0 Å². The Labute approximate surface area is 402 Å². The number of unbranched alkanes of at least 4 members (excludes halogenated alkanes) is 6. The minimum Gasteiger partial charge on any atom is -0.427 e. The molecule has 21 heteroatoms. The second-order valence-electron chi connectivity index (χ2n) is 16.6. The molecule has 0 amide bonds. The average molecular weight is 1020 g/mol. The van der Waals surface area contributed by atoms with Crippen molar-refractivity contribution >= 4 is 56.2 Å². The lowest BCUT2D eigenvalue weighted by atomic mass is 9.91. The van der Waals surface area contributed by atoms with Crippen molar-refractivity contribution in [1.29, 1.82) is 0 Å². The Balaban J connectivity index is 1.19. The molecule has 8 nitrogen and oxygen atoms in total. The third kappa shape index (κ3) is 11.9. The van der Waals surface area contributed by atoms with E-state index in [2.05, 4.69) is 27.4 Å². The van der Waals surface area contributed by atoms with Crippen LogP contribution in [0.15, 0.2) is 142 Å². The van der Waals surface area contributed by atoms with Gasteiger partial charge in [0.25, 0.3) is 0 Å². The molecule has 0 radical (unpaired) electrons. The second-order valence-corrected chi connectivity index (χ2v) is 16.6. The summed E-state index contributed by atoms with van der Waals surface area (Å²) >= 11 is 0. The number of alkyl halides is 13. The molecule has 0 bridgehead atoms. The first kappa shape index (κ1) is 54.4. The lowest BCUT2D eigenvalue weighted by molar-refractivity contribution is -0.440. The van der Waals surface area contributed by atoms with E-state index in [1.54, 1.807) is 42.5 Å². The number of azo groups is 2. The Morgan fingerprint density at radius 2 is 0.833 bits per heavy atom. The lowest BCUT2D eigenvalue weighted by Gasteiger charge is -2.39. The van der Waals surface area contributed by atoms with Crippen LogP contribution in [0.3, 0.4) is 0 Å². The zero-order valence-electron chi connectivity index (χ0n) is 38.0. The van der Waals surface area contributed by atoms with Crippen LogP contribution in [0.5, 0.6) is 11.5 Å². The minimum atomic E-state index is -8.05. The Hall–Kier alpha value is -6.93. The first-order valence-corrected chi connectivity index (χ1v) is 22.4. The number of halogens is 13. The number of nitrogens with zero attached hydrogens (tertiary/aromatic N) is 4. The maximum absolute atomic E-state index is 14.3. The SMILES string of the molecule is CCCCCCCCCC(=O)Oc1ccc(N=Nc2ccc3ccccc3c2-c2c(N=Nc3ccc(OC(=O)CCC(F)(F)C(F)(F)C(F)(F)C(F)(F)C(F)(F)C(F)(F)F)cc3)ccc3ccccc23)cc1. The van der Waals surface area contributed by atoms with Crippen molar-refractivity contribution in [2.45, 2.75) is 107 Å². The van der Waals surface area contributed by atoms with Gasteiger partial charge in [-0.3, -0.25) is 9.59 Å². The van der Waals surface area contributed by atoms with Gasteiger partial charge < -0.3 is 9.47 Å². The Morgan fingerprint density at radius 3 is 1.28 bits per heavy atom. The fraction of sp³-hybridized carbons (Fsp3) is 0.333. The quantitative estimate of drug-likeness (QED) is 0.0222. The van der Waals surface area contributed by atoms with Crippen LogP contribution >= 0.6 is 0 Å². The highest BCUT2D eigenvalue weighted by atomic mass is 19.4. The van der Waals surface area contributed by atoms with E-state index in [9.17, 15) is 66.7 Å². The van der Waals surface area contributed by atoms with Crippen molar-refractivity contribution in [2.24, 2.45) is 20.5 Å². The van der Waals surface area contributed by atoms with E-state index in [4.69, 9.17) is 9.47 Å². The van der Waals surface area contributed by atoms with Crippen LogP contribution in [-0.4, -0.2) is 47.7 Å². The van der Waals surface area contributed by atoms with Crippen molar-refractivity contribution < 1.29 is 76.1 Å². The number of hydrogen-bond acceptors (Lipinski definition) is 8. The molecule has 0 N–H and O–H groups in total. The summed E-state index contributed by atoms with van der Waals surface area (Å²) in [6, 6.07) is 33.1. The van der Waals surface area contributed by atoms with Crippen molar-refractivity contribution in [3.8, 4) is 22.6 Å². The van der Waals surface area contributed by atoms with Gasteiger partial charge >= 0.3 is 47.7 Å². The van der Waals surface area contributed by atoms with Crippen LogP contribution in [0.25, 0.3) is 32.7 Å². The third-order valence-corrected chi connectivity index (χ3v) is 11.4. The van der Waals surface area contributed by atoms with Gasteiger partial charge in [-0.05, 0) is 88.6 Å². The van der Waals surface area contributed by atoms with Crippen molar-refractivity contribution in [3.05, 3.63) is 121 Å². The summed E-state index contributed by atoms with van der Waals surface area (Å²) in [4.78, 5) is 24.7. The molecule has 0 unspecified atom stereocenters. The molecule has 0 aliphatic heterocycles. The van der Waals surface area contributed by atoms with Gasteiger partial charge in [-0.25, -0.2) is 0 Å². The van der Waals surface area contributed by atoms with Gasteiger partial charge in [-0.1, -0.05) is 106 Å². The van der Waals surface area contributed by atoms with E-state index in [0.29, 0.717) is 40.4 Å². The highest BCUT2D eigenvalue weighted by molar-refractivity contribution is 6.12. The molecular weight excluding hydrogens is 980 g/mol. The number of ether oxygens (including phenoxy) is 2. The number of benzene rings is 6. The van der Waals surface area contributed by atoms with Gasteiger partial charge in [0.15, 0.2) is 0 Å². The summed E-state index contributed by atoms with van der Waals surface area (Å²) in [7, 11) is 0. The van der Waals surface area contributed by atoms with E-state index in [1.165, 1.54) is 25.0 Å². The predicted molar refractivity (Wildman–Crippen MR) is 242 cm³/mol. The largest absolute Gasteiger partial charge is 0.460 e. The molecule has 0 aliphatic carbocycles. The number of carbonyl (C=O) groups excluding carboxylic acids is 2. The summed E-state index contributed by atoms with van der Waals surface area (Å²) < 4.78 is 186. The van der Waals surface area contributed by atoms with E-state index in [-0.39, 0.29) is 11.7 Å². The lowest BCUT2D eigenvalue weighted by Crippen LogP contribution is -2.70. The molecule has 0 saturated carbocycles. The maximum atomic E-state index is 14.3. The summed E-state index contributed by atoms with van der Waals surface area (Å²) in [5.41, 5.74) is 2.55. The van der Waals surface area contributed by atoms with Gasteiger partial charge in [-0.15, -0.1) is 10.2 Å². The van der Waals surface area contributed by atoms with Crippen molar-refractivity contribution in [2.75, 3.05) is 0 Å². The highest BCUT2D eigenvalue weighted by Gasteiger charge is 2.90. The molecule has 6 aromatic carbocycles. The van der Waals surface area contributed by atoms with Crippen LogP contribution in [0.2, 0.25) is 0 Å². The van der Waals surface area contributed by atoms with Crippen molar-refractivity contribution in [1.82, 2.24) is 0 Å². The Morgan fingerprint density at radius 1 is 0.431 bits per heavy atom. The molecule has 0 aliphatic rings. The molecule has 6 aromatic rings. The topological polar surface area (TPSA) is 102 Å². The molecule has 72 heavy (non-hydrogen) atoms. The summed E-state index contributed by atoms with van der Waals surface area (Å²) in [6.07, 6.45) is -4.41. The van der Waals surface area contributed by atoms with Crippen LogP contribution in [0.1, 0.15) is 71.1 Å². The molecule has 0 fully saturated rings. The number of rotatable bonds is 22. The fourth-order valence-electron chi connectivity index (χ4n) is 7.41. The Bertz CT molecular complexity index is 2910. The van der Waals surface area contributed by atoms with Crippen LogP contribution in [0, 0.1) is 0 Å². The van der Waals surface area contributed by atoms with Crippen LogP contribution in [-0.2, 0) is 9.59 Å². The predicted octanol–water partition coefficient (Wildman–Crippen LogP) is 18.0. The fourth-order valence-corrected chi connectivity index (χ4v) is 7.41. The number of fused-ring (bicyclic) bond motifs is 2. The third-order valence-electron chi connectivity index (χ3n) is 11.4. The molecule has 382 valence electrons. The molecule has 0 heterocycles. The smallest absolute Gasteiger partial charge is 0.427 e. The zero-order valence-corrected chi connectivity index (χ0v) is 38.0. The van der Waals surface area contributed by atoms with Gasteiger partial charge in [0.2, 0.25) is 0 Å². The number of carbonyl (C=O) groups is 2. The monoisotopic (exact) mass is 1020 g/mol. The van der Waals surface area contributed by atoms with Gasteiger partial charge in [0.05, 0.1) is 29.2 Å². The van der Waals surface area contributed by atoms with E-state index in [1.807, 2.05) is 54.6 Å². The van der Waals surface area contributed by atoms with Gasteiger partial charge in [0, 0.05) is 24.0 Å². The molecule has 0 spiro atoms. The molecular formula is C51H43F13N4O4. The zero-order chi connectivity index (χ0) is 52.5. The Kier molecular flexibility index (Phi) is 16.8. The second kappa shape index (κ2) is 22.2. The normalized spacial score (nSPS) is 13.1. The molecule has 0 saturated heterocycles. The standard InChI is InChI=1S/C51H43F13N4O4/c1-2-3-4-5-6-7-8-17-42(69)71-36-24-20-34(21-25-36)65-67-40-28-18-32-13-9-11-15-38(32)44(40)45-39-16-12-10-14-33(39)19-29-41(45)68-66-35-22-26-37(27-23-35)72-43(70)30-31-46(52,53)47(54,55)48(56,57)49(58,59)50(60,61)51(62,63)64/h9-16,18-29H,2-8,17,30-31H2,1H3. The van der Waals surface area contributed by atoms with Crippen LogP contribution in [0.4, 0.5) is 79.8 Å². The summed E-state index contributed by atoms with van der Waals surface area (Å²) in [5.74, 6) is -40.1. The summed E-state index contributed by atoms with van der Waals surface area (Å²) in [6.45, 7) is 2.16. The maximum Gasteiger partial charge on any atom is 0.460 e. The highest BCUT2D eigenvalue weighted by Crippen LogP contribution is 2.61. The number of hydrogen-bond donors (Lipinski definition) is 0. The number of esters is 2. The average Bonchev–Trinajstić information content (AvgIpc) is 3.34. The van der Waals surface area contributed by atoms with E-state index in [0.717, 1.165) is 65.8 Å². The van der Waals surface area contributed by atoms with Gasteiger partial charge in [-0.2, -0.15) is 67.3 Å². The minimum absolute atomic E-state index is 0.101.